The summed E-state index contributed by atoms with van der Waals surface area (Å²) in [5.41, 5.74) is 2.14. The van der Waals surface area contributed by atoms with Crippen molar-refractivity contribution in [2.75, 3.05) is 6.61 Å². The van der Waals surface area contributed by atoms with Crippen LogP contribution in [0.3, 0.4) is 0 Å². The first-order valence-corrected chi connectivity index (χ1v) is 8.82. The summed E-state index contributed by atoms with van der Waals surface area (Å²) >= 11 is 3.16. The van der Waals surface area contributed by atoms with Crippen LogP contribution in [0.4, 0.5) is 0 Å². The number of pyridine rings is 1. The van der Waals surface area contributed by atoms with E-state index in [1.54, 1.807) is 29.7 Å². The Morgan fingerprint density at radius 3 is 3.00 bits per heavy atom. The zero-order valence-corrected chi connectivity index (χ0v) is 14.0. The van der Waals surface area contributed by atoms with Crippen LogP contribution in [0.1, 0.15) is 23.0 Å². The largest absolute Gasteiger partial charge is 0.477 e. The van der Waals surface area contributed by atoms with Gasteiger partial charge in [-0.25, -0.2) is 14.8 Å². The van der Waals surface area contributed by atoms with Crippen molar-refractivity contribution in [2.45, 2.75) is 13.5 Å². The lowest BCUT2D eigenvalue weighted by molar-refractivity contribution is 0.0463. The molecule has 0 radical (unpaired) electrons. The third kappa shape index (κ3) is 3.75. The number of nitrogens with zero attached hydrogens (tertiary/aromatic N) is 2. The molecule has 0 bridgehead atoms. The maximum atomic E-state index is 12.2. The molecule has 5 nitrogen and oxygen atoms in total. The number of hydrogen-bond acceptors (Lipinski definition) is 7. The van der Waals surface area contributed by atoms with E-state index in [0.29, 0.717) is 12.2 Å². The Bertz CT molecular complexity index is 784. The van der Waals surface area contributed by atoms with Crippen LogP contribution in [-0.4, -0.2) is 22.5 Å². The van der Waals surface area contributed by atoms with E-state index in [9.17, 15) is 4.79 Å². The molecule has 3 aromatic rings. The zero-order valence-electron chi connectivity index (χ0n) is 12.4. The number of thiophene rings is 1. The van der Waals surface area contributed by atoms with Crippen molar-refractivity contribution in [1.29, 1.82) is 0 Å². The predicted molar refractivity (Wildman–Crippen MR) is 90.0 cm³/mol. The van der Waals surface area contributed by atoms with Gasteiger partial charge in [-0.05, 0) is 30.5 Å². The maximum Gasteiger partial charge on any atom is 0.344 e. The van der Waals surface area contributed by atoms with Gasteiger partial charge in [0.15, 0.2) is 0 Å². The molecule has 7 heteroatoms. The van der Waals surface area contributed by atoms with Crippen molar-refractivity contribution in [1.82, 2.24) is 9.97 Å². The van der Waals surface area contributed by atoms with Crippen LogP contribution in [-0.2, 0) is 11.3 Å². The Balaban J connectivity index is 1.65. The van der Waals surface area contributed by atoms with Gasteiger partial charge in [-0.1, -0.05) is 0 Å². The van der Waals surface area contributed by atoms with Gasteiger partial charge in [0.2, 0.25) is 5.88 Å². The average molecular weight is 346 g/mol. The lowest BCUT2D eigenvalue weighted by Gasteiger charge is -2.07. The minimum Gasteiger partial charge on any atom is -0.477 e. The first-order chi connectivity index (χ1) is 11.3. The summed E-state index contributed by atoms with van der Waals surface area (Å²) in [6.45, 7) is 2.40. The van der Waals surface area contributed by atoms with Gasteiger partial charge in [-0.2, -0.15) is 11.3 Å². The summed E-state index contributed by atoms with van der Waals surface area (Å²) in [4.78, 5) is 20.7. The van der Waals surface area contributed by atoms with Crippen LogP contribution in [0.15, 0.2) is 40.5 Å². The van der Waals surface area contributed by atoms with Crippen LogP contribution in [0, 0.1) is 0 Å². The Morgan fingerprint density at radius 2 is 2.22 bits per heavy atom. The summed E-state index contributed by atoms with van der Waals surface area (Å²) in [6, 6.07) is 5.33. The number of rotatable bonds is 6. The number of carbonyl (C=O) groups is 1. The average Bonchev–Trinajstić information content (AvgIpc) is 3.24. The van der Waals surface area contributed by atoms with E-state index >= 15 is 0 Å². The van der Waals surface area contributed by atoms with E-state index in [-0.39, 0.29) is 12.5 Å². The molecule has 3 rings (SSSR count). The Labute approximate surface area is 141 Å². The number of carbonyl (C=O) groups excluding carboxylic acids is 1. The molecule has 0 amide bonds. The fourth-order valence-electron chi connectivity index (χ4n) is 1.91. The fourth-order valence-corrected chi connectivity index (χ4v) is 3.42. The summed E-state index contributed by atoms with van der Waals surface area (Å²) in [6.07, 6.45) is 1.58. The standard InChI is InChI=1S/C16H14N2O3S2/c1-2-20-14-13(4-3-6-17-14)16(19)21-8-12-10-23-15(18-12)11-5-7-22-9-11/h3-7,9-10H,2,8H2,1H3. The molecule has 3 aromatic heterocycles. The first kappa shape index (κ1) is 15.6. The van der Waals surface area contributed by atoms with Gasteiger partial charge in [0.25, 0.3) is 0 Å². The van der Waals surface area contributed by atoms with E-state index in [1.807, 2.05) is 29.1 Å². The number of aromatic nitrogens is 2. The van der Waals surface area contributed by atoms with Crippen molar-refractivity contribution in [2.24, 2.45) is 0 Å². The van der Waals surface area contributed by atoms with Gasteiger partial charge in [-0.15, -0.1) is 11.3 Å². The van der Waals surface area contributed by atoms with Crippen molar-refractivity contribution in [3.63, 3.8) is 0 Å². The quantitative estimate of drug-likeness (QED) is 0.631. The molecule has 0 atom stereocenters. The number of esters is 1. The Kier molecular flexibility index (Phi) is 4.99. The first-order valence-electron chi connectivity index (χ1n) is 7.00. The van der Waals surface area contributed by atoms with Gasteiger partial charge in [-0.3, -0.25) is 0 Å². The molecule has 0 aliphatic heterocycles. The van der Waals surface area contributed by atoms with Crippen LogP contribution < -0.4 is 4.74 Å². The van der Waals surface area contributed by atoms with E-state index in [0.717, 1.165) is 16.3 Å². The summed E-state index contributed by atoms with van der Waals surface area (Å²) in [5, 5.41) is 6.87. The molecule has 0 aromatic carbocycles. The Hall–Kier alpha value is -2.25. The molecule has 0 fully saturated rings. The van der Waals surface area contributed by atoms with Gasteiger partial charge in [0.1, 0.15) is 17.2 Å². The van der Waals surface area contributed by atoms with Gasteiger partial charge >= 0.3 is 5.97 Å². The highest BCUT2D eigenvalue weighted by Gasteiger charge is 2.15. The minimum absolute atomic E-state index is 0.125. The monoisotopic (exact) mass is 346 g/mol. The molecule has 0 spiro atoms. The third-order valence-corrected chi connectivity index (χ3v) is 4.57. The molecule has 118 valence electrons. The van der Waals surface area contributed by atoms with Crippen LogP contribution in [0.25, 0.3) is 10.6 Å². The summed E-state index contributed by atoms with van der Waals surface area (Å²) in [7, 11) is 0. The SMILES string of the molecule is CCOc1ncccc1C(=O)OCc1csc(-c2ccsc2)n1. The second-order valence-electron chi connectivity index (χ2n) is 4.52. The second kappa shape index (κ2) is 7.34. The van der Waals surface area contributed by atoms with Gasteiger partial charge < -0.3 is 9.47 Å². The highest BCUT2D eigenvalue weighted by molar-refractivity contribution is 7.14. The fraction of sp³-hybridized carbons (Fsp3) is 0.188. The van der Waals surface area contributed by atoms with E-state index in [1.165, 1.54) is 11.3 Å². The third-order valence-electron chi connectivity index (χ3n) is 2.94. The number of ether oxygens (including phenoxy) is 2. The van der Waals surface area contributed by atoms with Crippen LogP contribution in [0.2, 0.25) is 0 Å². The van der Waals surface area contributed by atoms with Crippen molar-refractivity contribution >= 4 is 28.6 Å². The highest BCUT2D eigenvalue weighted by Crippen LogP contribution is 2.26. The molecule has 0 unspecified atom stereocenters. The van der Waals surface area contributed by atoms with Crippen LogP contribution in [0.5, 0.6) is 5.88 Å². The van der Waals surface area contributed by atoms with E-state index in [4.69, 9.17) is 9.47 Å². The zero-order chi connectivity index (χ0) is 16.1. The number of thiazole rings is 1. The molecule has 0 aliphatic carbocycles. The molecule has 0 saturated carbocycles. The Morgan fingerprint density at radius 1 is 1.30 bits per heavy atom. The van der Waals surface area contributed by atoms with Crippen molar-refractivity contribution in [3.8, 4) is 16.5 Å². The molecule has 23 heavy (non-hydrogen) atoms. The highest BCUT2D eigenvalue weighted by atomic mass is 32.1. The summed E-state index contributed by atoms with van der Waals surface area (Å²) in [5.74, 6) is -0.177. The van der Waals surface area contributed by atoms with Crippen LogP contribution >= 0.6 is 22.7 Å². The van der Waals surface area contributed by atoms with E-state index in [2.05, 4.69) is 9.97 Å². The molecular weight excluding hydrogens is 332 g/mol. The molecule has 0 saturated heterocycles. The molecule has 0 N–H and O–H groups in total. The lowest BCUT2D eigenvalue weighted by Crippen LogP contribution is -2.09. The lowest BCUT2D eigenvalue weighted by atomic mass is 10.3. The van der Waals surface area contributed by atoms with Gasteiger partial charge in [0, 0.05) is 22.5 Å². The smallest absolute Gasteiger partial charge is 0.344 e. The van der Waals surface area contributed by atoms with E-state index < -0.39 is 5.97 Å². The minimum atomic E-state index is -0.466. The normalized spacial score (nSPS) is 10.5. The topological polar surface area (TPSA) is 61.3 Å². The van der Waals surface area contributed by atoms with Crippen molar-refractivity contribution < 1.29 is 14.3 Å². The molecule has 0 aliphatic rings. The molecule has 3 heterocycles. The van der Waals surface area contributed by atoms with Gasteiger partial charge in [0.05, 0.1) is 12.3 Å². The predicted octanol–water partition coefficient (Wildman–Crippen LogP) is 4.02. The summed E-state index contributed by atoms with van der Waals surface area (Å²) < 4.78 is 10.7. The molecular formula is C16H14N2O3S2. The second-order valence-corrected chi connectivity index (χ2v) is 6.16. The number of hydrogen-bond donors (Lipinski definition) is 0. The van der Waals surface area contributed by atoms with Crippen molar-refractivity contribution in [3.05, 3.63) is 51.8 Å². The maximum absolute atomic E-state index is 12.2.